The average Bonchev–Trinajstić information content (AvgIpc) is 2.80. The summed E-state index contributed by atoms with van der Waals surface area (Å²) in [7, 11) is -0.263. The highest BCUT2D eigenvalue weighted by molar-refractivity contribution is 7.99. The number of fused-ring (bicyclic) bond motifs is 1. The van der Waals surface area contributed by atoms with Crippen LogP contribution in [0.25, 0.3) is 0 Å². The Balaban J connectivity index is 1.89. The monoisotopic (exact) mass is 263 g/mol. The molecule has 1 aromatic carbocycles. The van der Waals surface area contributed by atoms with Crippen molar-refractivity contribution >= 4 is 30.0 Å². The lowest BCUT2D eigenvalue weighted by Crippen LogP contribution is -2.41. The topological polar surface area (TPSA) is 30.5 Å². The summed E-state index contributed by atoms with van der Waals surface area (Å²) in [6.07, 6.45) is 0. The van der Waals surface area contributed by atoms with Gasteiger partial charge in [0.15, 0.2) is 0 Å². The number of nitrogens with one attached hydrogen (secondary N) is 1. The smallest absolute Gasteiger partial charge is 0.399 e. The molecule has 18 heavy (non-hydrogen) atoms. The van der Waals surface area contributed by atoms with Crippen LogP contribution >= 0.6 is 11.8 Å². The van der Waals surface area contributed by atoms with Gasteiger partial charge in [0, 0.05) is 10.6 Å². The summed E-state index contributed by atoms with van der Waals surface area (Å²) in [5.41, 5.74) is 1.76. The van der Waals surface area contributed by atoms with Crippen molar-refractivity contribution in [3.63, 3.8) is 0 Å². The van der Waals surface area contributed by atoms with Gasteiger partial charge in [-0.15, -0.1) is 11.8 Å². The Kier molecular flexibility index (Phi) is 2.70. The van der Waals surface area contributed by atoms with Crippen molar-refractivity contribution in [1.82, 2.24) is 0 Å². The predicted octanol–water partition coefficient (Wildman–Crippen LogP) is 2.46. The molecule has 0 unspecified atom stereocenters. The fraction of sp³-hybridized carbons (Fsp3) is 0.538. The molecule has 3 rings (SSSR count). The number of rotatable bonds is 1. The highest BCUT2D eigenvalue weighted by Crippen LogP contribution is 2.37. The first-order chi connectivity index (χ1) is 8.39. The maximum atomic E-state index is 6.06. The van der Waals surface area contributed by atoms with Gasteiger partial charge in [0.2, 0.25) is 0 Å². The van der Waals surface area contributed by atoms with Crippen molar-refractivity contribution in [2.75, 3.05) is 11.2 Å². The minimum absolute atomic E-state index is 0.263. The Bertz CT molecular complexity index is 474. The third-order valence-electron chi connectivity index (χ3n) is 4.02. The quantitative estimate of drug-likeness (QED) is 0.788. The van der Waals surface area contributed by atoms with Crippen LogP contribution in [-0.4, -0.2) is 24.2 Å². The van der Waals surface area contributed by atoms with Crippen LogP contribution in [0.3, 0.4) is 0 Å². The summed E-state index contributed by atoms with van der Waals surface area (Å²) >= 11 is 1.82. The maximum Gasteiger partial charge on any atom is 0.494 e. The van der Waals surface area contributed by atoms with Crippen molar-refractivity contribution in [3.8, 4) is 0 Å². The second-order valence-electron chi connectivity index (χ2n) is 5.81. The van der Waals surface area contributed by atoms with E-state index < -0.39 is 0 Å². The second-order valence-corrected chi connectivity index (χ2v) is 6.83. The Hall–Kier alpha value is -0.645. The summed E-state index contributed by atoms with van der Waals surface area (Å²) in [5, 5.41) is 3.33. The summed E-state index contributed by atoms with van der Waals surface area (Å²) < 4.78 is 12.1. The first-order valence-corrected chi connectivity index (χ1v) is 7.24. The van der Waals surface area contributed by atoms with Crippen LogP contribution in [0.4, 0.5) is 5.69 Å². The molecule has 1 fully saturated rings. The highest BCUT2D eigenvalue weighted by Gasteiger charge is 2.51. The third-order valence-corrected chi connectivity index (χ3v) is 4.96. The number of hydrogen-bond donors (Lipinski definition) is 1. The molecule has 3 nitrogen and oxygen atoms in total. The first-order valence-electron chi connectivity index (χ1n) is 6.25. The van der Waals surface area contributed by atoms with E-state index in [1.54, 1.807) is 0 Å². The van der Waals surface area contributed by atoms with Gasteiger partial charge in [-0.1, -0.05) is 6.07 Å². The van der Waals surface area contributed by atoms with Gasteiger partial charge in [0.25, 0.3) is 0 Å². The lowest BCUT2D eigenvalue weighted by molar-refractivity contribution is 0.00578. The average molecular weight is 263 g/mol. The fourth-order valence-electron chi connectivity index (χ4n) is 2.12. The Morgan fingerprint density at radius 1 is 1.17 bits per heavy atom. The van der Waals surface area contributed by atoms with E-state index in [1.165, 1.54) is 10.6 Å². The SMILES string of the molecule is CC1(C)OB(c2ccc3c(c2)SCN3)OC1(C)C. The van der Waals surface area contributed by atoms with Crippen molar-refractivity contribution in [2.24, 2.45) is 0 Å². The van der Waals surface area contributed by atoms with E-state index in [9.17, 15) is 0 Å². The zero-order valence-corrected chi connectivity index (χ0v) is 12.1. The molecule has 2 aliphatic heterocycles. The summed E-state index contributed by atoms with van der Waals surface area (Å²) in [6, 6.07) is 6.36. The molecule has 0 amide bonds. The van der Waals surface area contributed by atoms with Gasteiger partial charge in [0.1, 0.15) is 0 Å². The van der Waals surface area contributed by atoms with Crippen molar-refractivity contribution in [2.45, 2.75) is 43.8 Å². The Morgan fingerprint density at radius 2 is 1.83 bits per heavy atom. The lowest BCUT2D eigenvalue weighted by atomic mass is 9.79. The Morgan fingerprint density at radius 3 is 2.50 bits per heavy atom. The minimum atomic E-state index is -0.276. The molecule has 96 valence electrons. The molecule has 0 radical (unpaired) electrons. The number of anilines is 1. The number of benzene rings is 1. The molecule has 2 aliphatic rings. The van der Waals surface area contributed by atoms with E-state index in [0.717, 1.165) is 11.3 Å². The molecule has 0 atom stereocenters. The highest BCUT2D eigenvalue weighted by atomic mass is 32.2. The number of thioether (sulfide) groups is 1. The molecule has 2 heterocycles. The van der Waals surface area contributed by atoms with E-state index in [-0.39, 0.29) is 18.3 Å². The molecule has 0 aromatic heterocycles. The predicted molar refractivity (Wildman–Crippen MR) is 76.5 cm³/mol. The summed E-state index contributed by atoms with van der Waals surface area (Å²) in [6.45, 7) is 8.32. The molecule has 0 spiro atoms. The van der Waals surface area contributed by atoms with Gasteiger partial charge >= 0.3 is 7.12 Å². The zero-order chi connectivity index (χ0) is 13.0. The molecule has 1 saturated heterocycles. The second kappa shape index (κ2) is 3.92. The third kappa shape index (κ3) is 1.85. The molecule has 1 N–H and O–H groups in total. The van der Waals surface area contributed by atoms with Crippen molar-refractivity contribution < 1.29 is 9.31 Å². The van der Waals surface area contributed by atoms with Crippen LogP contribution in [0.1, 0.15) is 27.7 Å². The van der Waals surface area contributed by atoms with Gasteiger partial charge in [-0.2, -0.15) is 0 Å². The van der Waals surface area contributed by atoms with Crippen LogP contribution in [0.5, 0.6) is 0 Å². The molecule has 0 saturated carbocycles. The van der Waals surface area contributed by atoms with Gasteiger partial charge in [-0.05, 0) is 45.3 Å². The lowest BCUT2D eigenvalue weighted by Gasteiger charge is -2.32. The number of hydrogen-bond acceptors (Lipinski definition) is 4. The molecule has 0 bridgehead atoms. The zero-order valence-electron chi connectivity index (χ0n) is 11.2. The van der Waals surface area contributed by atoms with Crippen LogP contribution < -0.4 is 10.8 Å². The largest absolute Gasteiger partial charge is 0.494 e. The molecular formula is C13H18BNO2S. The van der Waals surface area contributed by atoms with Crippen LogP contribution in [-0.2, 0) is 9.31 Å². The van der Waals surface area contributed by atoms with Gasteiger partial charge in [0.05, 0.1) is 17.1 Å². The van der Waals surface area contributed by atoms with Crippen molar-refractivity contribution in [1.29, 1.82) is 0 Å². The van der Waals surface area contributed by atoms with Gasteiger partial charge in [-0.3, -0.25) is 0 Å². The standard InChI is InChI=1S/C13H18BNO2S/c1-12(2)13(3,4)17-14(16-12)9-5-6-10-11(7-9)18-8-15-10/h5-7,15H,8H2,1-4H3. The maximum absolute atomic E-state index is 6.06. The van der Waals surface area contributed by atoms with Gasteiger partial charge < -0.3 is 14.6 Å². The van der Waals surface area contributed by atoms with Crippen LogP contribution in [0, 0.1) is 0 Å². The fourth-order valence-corrected chi connectivity index (χ4v) is 3.02. The molecule has 1 aromatic rings. The summed E-state index contributed by atoms with van der Waals surface area (Å²) in [4.78, 5) is 1.28. The molecule has 5 heteroatoms. The van der Waals surface area contributed by atoms with Crippen molar-refractivity contribution in [3.05, 3.63) is 18.2 Å². The Labute approximate surface area is 113 Å². The first kappa shape index (κ1) is 12.4. The van der Waals surface area contributed by atoms with E-state index >= 15 is 0 Å². The summed E-state index contributed by atoms with van der Waals surface area (Å²) in [5.74, 6) is 0.947. The molecular weight excluding hydrogens is 245 g/mol. The van der Waals surface area contributed by atoms with E-state index in [1.807, 2.05) is 11.8 Å². The van der Waals surface area contributed by atoms with Gasteiger partial charge in [-0.25, -0.2) is 0 Å². The van der Waals surface area contributed by atoms with E-state index in [2.05, 4.69) is 51.2 Å². The van der Waals surface area contributed by atoms with Crippen LogP contribution in [0.15, 0.2) is 23.1 Å². The van der Waals surface area contributed by atoms with Crippen LogP contribution in [0.2, 0.25) is 0 Å². The minimum Gasteiger partial charge on any atom is -0.399 e. The molecule has 0 aliphatic carbocycles. The normalized spacial score (nSPS) is 23.9. The van der Waals surface area contributed by atoms with E-state index in [4.69, 9.17) is 9.31 Å². The van der Waals surface area contributed by atoms with E-state index in [0.29, 0.717) is 0 Å².